The molecule has 4 aromatic rings. The van der Waals surface area contributed by atoms with Crippen LogP contribution in [0.1, 0.15) is 21.6 Å². The number of pyridine rings is 1. The number of halogens is 4. The maximum absolute atomic E-state index is 14.0. The van der Waals surface area contributed by atoms with Crippen molar-refractivity contribution in [2.45, 2.75) is 12.7 Å². The molecular formula is C21H14F4N8O2. The molecule has 1 aromatic carbocycles. The van der Waals surface area contributed by atoms with E-state index in [9.17, 15) is 22.4 Å². The van der Waals surface area contributed by atoms with Crippen molar-refractivity contribution < 1.29 is 27.1 Å². The third-order valence-corrected chi connectivity index (χ3v) is 4.76. The summed E-state index contributed by atoms with van der Waals surface area (Å²) in [6, 6.07) is 5.04. The summed E-state index contributed by atoms with van der Waals surface area (Å²) in [6.07, 6.45) is -0.295. The standard InChI is InChI=1S/C21H14F4N8O2/c1-26-16-8-13(9-27-19(16)33-28-6-7-29-33)31-20(34)14-10-30-32(18(14)21(23,24)25)11-12-4-3-5-15(22)17(12)35-2/h3-10H,11H2,2H3,(H,31,34). The third-order valence-electron chi connectivity index (χ3n) is 4.76. The first-order chi connectivity index (χ1) is 16.7. The average Bonchev–Trinajstić information content (AvgIpc) is 3.49. The number of ether oxygens (including phenoxy) is 1. The fourth-order valence-electron chi connectivity index (χ4n) is 3.31. The number of amides is 1. The van der Waals surface area contributed by atoms with Crippen LogP contribution < -0.4 is 10.1 Å². The minimum absolute atomic E-state index is 0.0235. The highest BCUT2D eigenvalue weighted by Crippen LogP contribution is 2.34. The molecule has 0 radical (unpaired) electrons. The molecule has 0 saturated carbocycles. The normalized spacial score (nSPS) is 11.2. The molecule has 1 amide bonds. The zero-order valence-corrected chi connectivity index (χ0v) is 17.8. The number of carbonyl (C=O) groups is 1. The SMILES string of the molecule is [C-]#[N+]c1cc(NC(=O)c2cnn(Cc3cccc(F)c3OC)c2C(F)(F)F)cnc1-n1nccn1. The van der Waals surface area contributed by atoms with Gasteiger partial charge in [0.25, 0.3) is 5.91 Å². The lowest BCUT2D eigenvalue weighted by Gasteiger charge is -2.15. The Balaban J connectivity index is 1.66. The van der Waals surface area contributed by atoms with E-state index in [2.05, 4.69) is 30.4 Å². The number of nitrogens with one attached hydrogen (secondary N) is 1. The molecule has 178 valence electrons. The minimum atomic E-state index is -4.96. The van der Waals surface area contributed by atoms with Crippen molar-refractivity contribution in [2.75, 3.05) is 12.4 Å². The van der Waals surface area contributed by atoms with E-state index in [-0.39, 0.29) is 28.5 Å². The Labute approximate surface area is 194 Å². The van der Waals surface area contributed by atoms with Gasteiger partial charge in [-0.15, -0.1) is 4.80 Å². The van der Waals surface area contributed by atoms with Gasteiger partial charge in [-0.05, 0) is 12.1 Å². The molecule has 4 rings (SSSR count). The second-order valence-electron chi connectivity index (χ2n) is 6.95. The molecule has 0 atom stereocenters. The van der Waals surface area contributed by atoms with E-state index in [0.29, 0.717) is 4.68 Å². The first-order valence-electron chi connectivity index (χ1n) is 9.73. The topological polar surface area (TPSA) is 104 Å². The first-order valence-corrected chi connectivity index (χ1v) is 9.73. The van der Waals surface area contributed by atoms with Crippen molar-refractivity contribution >= 4 is 17.3 Å². The number of para-hydroxylation sites is 1. The van der Waals surface area contributed by atoms with Crippen molar-refractivity contribution in [3.63, 3.8) is 0 Å². The van der Waals surface area contributed by atoms with Crippen LogP contribution >= 0.6 is 0 Å². The number of rotatable bonds is 6. The quantitative estimate of drug-likeness (QED) is 0.328. The van der Waals surface area contributed by atoms with Crippen molar-refractivity contribution in [1.82, 2.24) is 29.8 Å². The maximum Gasteiger partial charge on any atom is 0.433 e. The van der Waals surface area contributed by atoms with E-state index in [4.69, 9.17) is 11.3 Å². The molecule has 0 bridgehead atoms. The molecule has 10 nitrogen and oxygen atoms in total. The van der Waals surface area contributed by atoms with Gasteiger partial charge >= 0.3 is 6.18 Å². The van der Waals surface area contributed by atoms with E-state index >= 15 is 0 Å². The van der Waals surface area contributed by atoms with Gasteiger partial charge < -0.3 is 10.1 Å². The smallest absolute Gasteiger partial charge is 0.433 e. The molecule has 3 heterocycles. The van der Waals surface area contributed by atoms with E-state index in [0.717, 1.165) is 23.3 Å². The van der Waals surface area contributed by atoms with Crippen LogP contribution in [0.2, 0.25) is 0 Å². The Morgan fingerprint density at radius 3 is 2.60 bits per heavy atom. The van der Waals surface area contributed by atoms with Crippen LogP contribution in [0.5, 0.6) is 5.75 Å². The van der Waals surface area contributed by atoms with Crippen molar-refractivity contribution in [2.24, 2.45) is 0 Å². The first kappa shape index (κ1) is 23.4. The van der Waals surface area contributed by atoms with E-state index in [1.165, 1.54) is 37.7 Å². The molecule has 0 aliphatic rings. The van der Waals surface area contributed by atoms with Crippen LogP contribution in [0.25, 0.3) is 10.7 Å². The molecule has 35 heavy (non-hydrogen) atoms. The number of carbonyl (C=O) groups excluding carboxylic acids is 1. The average molecular weight is 486 g/mol. The summed E-state index contributed by atoms with van der Waals surface area (Å²) in [5, 5.41) is 13.7. The number of methoxy groups -OCH3 is 1. The Morgan fingerprint density at radius 2 is 1.94 bits per heavy atom. The predicted molar refractivity (Wildman–Crippen MR) is 113 cm³/mol. The molecule has 0 fully saturated rings. The van der Waals surface area contributed by atoms with Crippen LogP contribution in [0.3, 0.4) is 0 Å². The number of alkyl halides is 3. The summed E-state index contributed by atoms with van der Waals surface area (Å²) in [4.78, 5) is 21.2. The number of hydrogen-bond donors (Lipinski definition) is 1. The second-order valence-corrected chi connectivity index (χ2v) is 6.95. The van der Waals surface area contributed by atoms with Gasteiger partial charge in [0.2, 0.25) is 5.69 Å². The predicted octanol–water partition coefficient (Wildman–Crippen LogP) is 3.88. The third kappa shape index (κ3) is 4.64. The molecule has 3 aromatic heterocycles. The number of nitrogens with zero attached hydrogens (tertiary/aromatic N) is 7. The van der Waals surface area contributed by atoms with Crippen LogP contribution in [0, 0.1) is 12.4 Å². The second kappa shape index (κ2) is 9.21. The fourth-order valence-corrected chi connectivity index (χ4v) is 3.31. The van der Waals surface area contributed by atoms with Crippen molar-refractivity contribution in [3.8, 4) is 11.6 Å². The summed E-state index contributed by atoms with van der Waals surface area (Å²) >= 11 is 0. The van der Waals surface area contributed by atoms with Crippen LogP contribution in [-0.2, 0) is 12.7 Å². The summed E-state index contributed by atoms with van der Waals surface area (Å²) < 4.78 is 61.2. The van der Waals surface area contributed by atoms with Crippen molar-refractivity contribution in [3.05, 3.63) is 83.1 Å². The molecule has 1 N–H and O–H groups in total. The Hall–Kier alpha value is -4.80. The summed E-state index contributed by atoms with van der Waals surface area (Å²) in [5.74, 6) is -2.03. The lowest BCUT2D eigenvalue weighted by molar-refractivity contribution is -0.144. The van der Waals surface area contributed by atoms with Gasteiger partial charge in [-0.25, -0.2) is 14.2 Å². The highest BCUT2D eigenvalue weighted by atomic mass is 19.4. The Bertz CT molecular complexity index is 1420. The van der Waals surface area contributed by atoms with Gasteiger partial charge in [0.15, 0.2) is 23.1 Å². The zero-order chi connectivity index (χ0) is 25.2. The van der Waals surface area contributed by atoms with Gasteiger partial charge in [-0.1, -0.05) is 12.1 Å². The van der Waals surface area contributed by atoms with Crippen LogP contribution in [-0.4, -0.2) is 42.8 Å². The molecule has 0 aliphatic carbocycles. The lowest BCUT2D eigenvalue weighted by Crippen LogP contribution is -2.22. The van der Waals surface area contributed by atoms with Gasteiger partial charge in [-0.3, -0.25) is 9.48 Å². The van der Waals surface area contributed by atoms with E-state index in [1.807, 2.05) is 0 Å². The van der Waals surface area contributed by atoms with Gasteiger partial charge in [0, 0.05) is 11.3 Å². The zero-order valence-electron chi connectivity index (χ0n) is 17.8. The minimum Gasteiger partial charge on any atom is -0.493 e. The van der Waals surface area contributed by atoms with Gasteiger partial charge in [0.05, 0.1) is 50.6 Å². The maximum atomic E-state index is 14.0. The highest BCUT2D eigenvalue weighted by molar-refractivity contribution is 6.05. The number of anilines is 1. The molecule has 14 heteroatoms. The van der Waals surface area contributed by atoms with Crippen molar-refractivity contribution in [1.29, 1.82) is 0 Å². The molecule has 0 aliphatic heterocycles. The monoisotopic (exact) mass is 486 g/mol. The Morgan fingerprint density at radius 1 is 1.20 bits per heavy atom. The lowest BCUT2D eigenvalue weighted by atomic mass is 10.1. The Kier molecular flexibility index (Phi) is 6.15. The van der Waals surface area contributed by atoms with Crippen LogP contribution in [0.15, 0.2) is 49.1 Å². The number of benzene rings is 1. The molecule has 0 unspecified atom stereocenters. The van der Waals surface area contributed by atoms with E-state index < -0.39 is 35.7 Å². The number of aromatic nitrogens is 6. The highest BCUT2D eigenvalue weighted by Gasteiger charge is 2.40. The molecule has 0 spiro atoms. The molecule has 0 saturated heterocycles. The largest absolute Gasteiger partial charge is 0.493 e. The summed E-state index contributed by atoms with van der Waals surface area (Å²) in [5.41, 5.74) is -2.07. The number of hydrogen-bond acceptors (Lipinski definition) is 6. The van der Waals surface area contributed by atoms with Gasteiger partial charge in [0.1, 0.15) is 0 Å². The summed E-state index contributed by atoms with van der Waals surface area (Å²) in [6.45, 7) is 6.81. The van der Waals surface area contributed by atoms with E-state index in [1.54, 1.807) is 0 Å². The fraction of sp³-hybridized carbons (Fsp3) is 0.143. The van der Waals surface area contributed by atoms with Crippen LogP contribution in [0.4, 0.5) is 28.9 Å². The summed E-state index contributed by atoms with van der Waals surface area (Å²) in [7, 11) is 1.19. The van der Waals surface area contributed by atoms with Gasteiger partial charge in [-0.2, -0.15) is 28.5 Å². The molecular weight excluding hydrogens is 472 g/mol.